The van der Waals surface area contributed by atoms with E-state index in [-0.39, 0.29) is 18.3 Å². The molecule has 118 valence electrons. The van der Waals surface area contributed by atoms with Crippen molar-refractivity contribution in [3.63, 3.8) is 0 Å². The summed E-state index contributed by atoms with van der Waals surface area (Å²) in [4.78, 5) is 16.8. The molecule has 0 aliphatic rings. The van der Waals surface area contributed by atoms with Crippen LogP contribution in [0.15, 0.2) is 40.2 Å². The fourth-order valence-corrected chi connectivity index (χ4v) is 2.60. The largest absolute Gasteiger partial charge is 0.484 e. The van der Waals surface area contributed by atoms with Crippen molar-refractivity contribution in [2.45, 2.75) is 6.92 Å². The number of hydrogen-bond acceptors (Lipinski definition) is 6. The van der Waals surface area contributed by atoms with Crippen molar-refractivity contribution in [1.29, 1.82) is 0 Å². The van der Waals surface area contributed by atoms with Gasteiger partial charge in [-0.3, -0.25) is 4.79 Å². The number of carbonyl (C=O) groups excluding carboxylic acids is 1. The third-order valence-electron chi connectivity index (χ3n) is 2.84. The summed E-state index contributed by atoms with van der Waals surface area (Å²) in [6.45, 7) is 1.53. The summed E-state index contributed by atoms with van der Waals surface area (Å²) in [5.74, 6) is 0.585. The Hall–Kier alpha value is -2.74. The molecule has 3 rings (SSSR count). The number of nitrogens with one attached hydrogen (secondary N) is 1. The predicted molar refractivity (Wildman–Crippen MR) is 82.9 cm³/mol. The van der Waals surface area contributed by atoms with Gasteiger partial charge in [0.2, 0.25) is 0 Å². The molecule has 0 saturated heterocycles. The Bertz CT molecular complexity index is 813. The molecule has 0 saturated carbocycles. The van der Waals surface area contributed by atoms with E-state index in [1.54, 1.807) is 13.0 Å². The number of halogens is 1. The van der Waals surface area contributed by atoms with Crippen LogP contribution >= 0.6 is 11.3 Å². The first-order chi connectivity index (χ1) is 11.1. The Morgan fingerprint density at radius 3 is 2.83 bits per heavy atom. The lowest BCUT2D eigenvalue weighted by atomic mass is 10.3. The maximum absolute atomic E-state index is 12.8. The Morgan fingerprint density at radius 2 is 2.13 bits per heavy atom. The number of nitrogens with zero attached hydrogens (tertiary/aromatic N) is 2. The maximum Gasteiger partial charge on any atom is 0.270 e. The highest BCUT2D eigenvalue weighted by atomic mass is 32.1. The molecule has 1 amide bonds. The van der Waals surface area contributed by atoms with Gasteiger partial charge in [-0.2, -0.15) is 4.98 Å². The van der Waals surface area contributed by atoms with Gasteiger partial charge in [-0.05, 0) is 42.6 Å². The zero-order valence-electron chi connectivity index (χ0n) is 12.1. The predicted octanol–water partition coefficient (Wildman–Crippen LogP) is 3.26. The minimum atomic E-state index is -0.362. The van der Waals surface area contributed by atoms with Crippen molar-refractivity contribution in [1.82, 2.24) is 10.1 Å². The highest BCUT2D eigenvalue weighted by Gasteiger charge is 2.15. The lowest BCUT2D eigenvalue weighted by Crippen LogP contribution is -2.20. The molecule has 6 nitrogen and oxygen atoms in total. The Labute approximate surface area is 134 Å². The Morgan fingerprint density at radius 1 is 1.35 bits per heavy atom. The van der Waals surface area contributed by atoms with Crippen LogP contribution in [0.1, 0.15) is 5.82 Å². The SMILES string of the molecule is Cc1noc(-c2sccc2NC(=O)COc2ccc(F)cc2)n1. The van der Waals surface area contributed by atoms with Crippen molar-refractivity contribution in [3.05, 3.63) is 47.4 Å². The van der Waals surface area contributed by atoms with Crippen molar-refractivity contribution in [2.24, 2.45) is 0 Å². The minimum Gasteiger partial charge on any atom is -0.484 e. The van der Waals surface area contributed by atoms with Crippen LogP contribution in [-0.2, 0) is 4.79 Å². The molecule has 0 aliphatic heterocycles. The minimum absolute atomic E-state index is 0.191. The van der Waals surface area contributed by atoms with Crippen LogP contribution in [0.5, 0.6) is 5.75 Å². The molecule has 0 atom stereocenters. The van der Waals surface area contributed by atoms with E-state index in [9.17, 15) is 9.18 Å². The fraction of sp³-hybridized carbons (Fsp3) is 0.133. The summed E-state index contributed by atoms with van der Waals surface area (Å²) >= 11 is 1.38. The van der Waals surface area contributed by atoms with E-state index in [4.69, 9.17) is 9.26 Å². The fourth-order valence-electron chi connectivity index (χ4n) is 1.83. The smallest absolute Gasteiger partial charge is 0.270 e. The second kappa shape index (κ2) is 6.57. The molecule has 0 unspecified atom stereocenters. The van der Waals surface area contributed by atoms with Gasteiger partial charge in [0.15, 0.2) is 12.4 Å². The first-order valence-corrected chi connectivity index (χ1v) is 7.56. The molecule has 0 spiro atoms. The molecule has 3 aromatic rings. The summed E-state index contributed by atoms with van der Waals surface area (Å²) in [6.07, 6.45) is 0. The molecule has 23 heavy (non-hydrogen) atoms. The summed E-state index contributed by atoms with van der Waals surface area (Å²) < 4.78 is 23.2. The molecule has 8 heteroatoms. The van der Waals surface area contributed by atoms with E-state index in [1.165, 1.54) is 35.6 Å². The van der Waals surface area contributed by atoms with Crippen LogP contribution in [0.2, 0.25) is 0 Å². The number of amides is 1. The molecular weight excluding hydrogens is 321 g/mol. The quantitative estimate of drug-likeness (QED) is 0.775. The topological polar surface area (TPSA) is 77.2 Å². The third-order valence-corrected chi connectivity index (χ3v) is 3.75. The standard InChI is InChI=1S/C15H12FN3O3S/c1-9-17-15(22-19-9)14-12(6-7-23-14)18-13(20)8-21-11-4-2-10(16)3-5-11/h2-7H,8H2,1H3,(H,18,20). The number of carbonyl (C=O) groups is 1. The average molecular weight is 333 g/mol. The van der Waals surface area contributed by atoms with Crippen molar-refractivity contribution < 1.29 is 18.4 Å². The molecule has 1 aromatic carbocycles. The van der Waals surface area contributed by atoms with Crippen LogP contribution in [0.3, 0.4) is 0 Å². The van der Waals surface area contributed by atoms with Gasteiger partial charge < -0.3 is 14.6 Å². The number of benzene rings is 1. The average Bonchev–Trinajstić information content (AvgIpc) is 3.15. The highest BCUT2D eigenvalue weighted by Crippen LogP contribution is 2.32. The molecular formula is C15H12FN3O3S. The van der Waals surface area contributed by atoms with Crippen LogP contribution in [0.25, 0.3) is 10.8 Å². The monoisotopic (exact) mass is 333 g/mol. The van der Waals surface area contributed by atoms with Gasteiger partial charge in [-0.25, -0.2) is 4.39 Å². The Balaban J connectivity index is 1.62. The molecule has 0 aliphatic carbocycles. The lowest BCUT2D eigenvalue weighted by molar-refractivity contribution is -0.118. The van der Waals surface area contributed by atoms with E-state index in [0.717, 1.165) is 0 Å². The van der Waals surface area contributed by atoms with Crippen LogP contribution in [0, 0.1) is 12.7 Å². The van der Waals surface area contributed by atoms with E-state index in [2.05, 4.69) is 15.5 Å². The van der Waals surface area contributed by atoms with E-state index in [1.807, 2.05) is 5.38 Å². The number of thiophene rings is 1. The van der Waals surface area contributed by atoms with Gasteiger partial charge in [0.25, 0.3) is 11.8 Å². The Kier molecular flexibility index (Phi) is 4.33. The normalized spacial score (nSPS) is 10.5. The van der Waals surface area contributed by atoms with Crippen LogP contribution in [-0.4, -0.2) is 22.7 Å². The summed E-state index contributed by atoms with van der Waals surface area (Å²) in [6, 6.07) is 7.19. The van der Waals surface area contributed by atoms with Crippen LogP contribution in [0.4, 0.5) is 10.1 Å². The number of aryl methyl sites for hydroxylation is 1. The van der Waals surface area contributed by atoms with Gasteiger partial charge >= 0.3 is 0 Å². The second-order valence-corrected chi connectivity index (χ2v) is 5.52. The summed E-state index contributed by atoms with van der Waals surface area (Å²) in [5, 5.41) is 8.26. The highest BCUT2D eigenvalue weighted by molar-refractivity contribution is 7.14. The van der Waals surface area contributed by atoms with Gasteiger partial charge in [0.1, 0.15) is 16.4 Å². The van der Waals surface area contributed by atoms with Gasteiger partial charge in [-0.15, -0.1) is 11.3 Å². The van der Waals surface area contributed by atoms with Crippen LogP contribution < -0.4 is 10.1 Å². The van der Waals surface area contributed by atoms with E-state index in [0.29, 0.717) is 28.0 Å². The first-order valence-electron chi connectivity index (χ1n) is 6.68. The number of anilines is 1. The third kappa shape index (κ3) is 3.72. The number of aromatic nitrogens is 2. The van der Waals surface area contributed by atoms with Gasteiger partial charge in [0, 0.05) is 0 Å². The molecule has 1 N–H and O–H groups in total. The zero-order chi connectivity index (χ0) is 16.2. The first kappa shape index (κ1) is 15.2. The van der Waals surface area contributed by atoms with Gasteiger partial charge in [0.05, 0.1) is 5.69 Å². The number of hydrogen-bond donors (Lipinski definition) is 1. The lowest BCUT2D eigenvalue weighted by Gasteiger charge is -2.07. The van der Waals surface area contributed by atoms with E-state index >= 15 is 0 Å². The maximum atomic E-state index is 12.8. The van der Waals surface area contributed by atoms with Crippen molar-refractivity contribution in [2.75, 3.05) is 11.9 Å². The molecule has 0 bridgehead atoms. The number of rotatable bonds is 5. The molecule has 2 heterocycles. The van der Waals surface area contributed by atoms with Crippen molar-refractivity contribution in [3.8, 4) is 16.5 Å². The second-order valence-electron chi connectivity index (χ2n) is 4.60. The summed E-state index contributed by atoms with van der Waals surface area (Å²) in [7, 11) is 0. The molecule has 2 aromatic heterocycles. The number of ether oxygens (including phenoxy) is 1. The zero-order valence-corrected chi connectivity index (χ0v) is 12.9. The molecule has 0 fully saturated rings. The summed E-state index contributed by atoms with van der Waals surface area (Å²) in [5.41, 5.74) is 0.575. The molecule has 0 radical (unpaired) electrons. The van der Waals surface area contributed by atoms with Gasteiger partial charge in [-0.1, -0.05) is 5.16 Å². The van der Waals surface area contributed by atoms with Crippen molar-refractivity contribution >= 4 is 22.9 Å². The van der Waals surface area contributed by atoms with E-state index < -0.39 is 0 Å².